The zero-order valence-electron chi connectivity index (χ0n) is 9.61. The molecule has 0 saturated carbocycles. The van der Waals surface area contributed by atoms with Crippen LogP contribution >= 0.6 is 0 Å². The number of aromatic amines is 1. The third-order valence-corrected chi connectivity index (χ3v) is 2.43. The fraction of sp³-hybridized carbons (Fsp3) is 0.250. The van der Waals surface area contributed by atoms with Crippen molar-refractivity contribution in [1.82, 2.24) is 4.98 Å². The maximum atomic E-state index is 11.5. The Kier molecular flexibility index (Phi) is 2.91. The lowest BCUT2D eigenvalue weighted by Crippen LogP contribution is -2.04. The number of rotatable bonds is 3. The lowest BCUT2D eigenvalue weighted by molar-refractivity contribution is 0.0520. The number of carbonyl (C=O) groups is 1. The van der Waals surface area contributed by atoms with Crippen LogP contribution in [-0.4, -0.2) is 29.8 Å². The van der Waals surface area contributed by atoms with Crippen molar-refractivity contribution in [2.45, 2.75) is 6.92 Å². The molecule has 0 spiro atoms. The molecule has 0 aliphatic heterocycles. The molecule has 0 aliphatic rings. The van der Waals surface area contributed by atoms with Crippen molar-refractivity contribution in [2.24, 2.45) is 0 Å². The molecule has 1 heterocycles. The number of ether oxygens (including phenoxy) is 2. The largest absolute Gasteiger partial charge is 0.504 e. The first kappa shape index (κ1) is 11.3. The number of hydrogen-bond donors (Lipinski definition) is 2. The summed E-state index contributed by atoms with van der Waals surface area (Å²) in [6.45, 7) is 2.06. The molecule has 0 atom stereocenters. The second kappa shape index (κ2) is 4.37. The first-order valence-electron chi connectivity index (χ1n) is 5.23. The minimum atomic E-state index is -0.426. The van der Waals surface area contributed by atoms with E-state index in [1.807, 2.05) is 0 Å². The SMILES string of the molecule is CCOC(=O)c1cc2ccc(O)c(OC)c2[nH]1. The van der Waals surface area contributed by atoms with Gasteiger partial charge < -0.3 is 19.6 Å². The Bertz CT molecular complexity index is 559. The zero-order valence-corrected chi connectivity index (χ0v) is 9.61. The first-order chi connectivity index (χ1) is 8.17. The number of phenols is 1. The number of methoxy groups -OCH3 is 1. The highest BCUT2D eigenvalue weighted by molar-refractivity contribution is 5.97. The fourth-order valence-corrected chi connectivity index (χ4v) is 1.69. The van der Waals surface area contributed by atoms with Gasteiger partial charge in [0.25, 0.3) is 0 Å². The van der Waals surface area contributed by atoms with Gasteiger partial charge in [0.2, 0.25) is 0 Å². The molecule has 0 amide bonds. The van der Waals surface area contributed by atoms with Gasteiger partial charge in [-0.3, -0.25) is 0 Å². The molecule has 90 valence electrons. The minimum absolute atomic E-state index is 0.0252. The Morgan fingerprint density at radius 2 is 2.24 bits per heavy atom. The maximum Gasteiger partial charge on any atom is 0.354 e. The van der Waals surface area contributed by atoms with Crippen molar-refractivity contribution < 1.29 is 19.4 Å². The molecule has 2 aromatic rings. The van der Waals surface area contributed by atoms with Gasteiger partial charge in [-0.1, -0.05) is 0 Å². The normalized spacial score (nSPS) is 10.5. The van der Waals surface area contributed by atoms with E-state index in [0.717, 1.165) is 5.39 Å². The lowest BCUT2D eigenvalue weighted by Gasteiger charge is -2.03. The van der Waals surface area contributed by atoms with Crippen molar-refractivity contribution in [3.63, 3.8) is 0 Å². The van der Waals surface area contributed by atoms with E-state index in [1.54, 1.807) is 19.1 Å². The second-order valence-corrected chi connectivity index (χ2v) is 3.49. The predicted molar refractivity (Wildman–Crippen MR) is 62.5 cm³/mol. The number of phenolic OH excluding ortho intramolecular Hbond substituents is 1. The van der Waals surface area contributed by atoms with Crippen LogP contribution in [0.4, 0.5) is 0 Å². The van der Waals surface area contributed by atoms with Gasteiger partial charge >= 0.3 is 5.97 Å². The van der Waals surface area contributed by atoms with Gasteiger partial charge in [0.1, 0.15) is 5.69 Å². The Balaban J connectivity index is 2.53. The van der Waals surface area contributed by atoms with Crippen molar-refractivity contribution in [2.75, 3.05) is 13.7 Å². The van der Waals surface area contributed by atoms with Crippen molar-refractivity contribution in [1.29, 1.82) is 0 Å². The summed E-state index contributed by atoms with van der Waals surface area (Å²) in [5, 5.41) is 10.4. The molecular formula is C12H13NO4. The number of aromatic nitrogens is 1. The van der Waals surface area contributed by atoms with Crippen LogP contribution in [0.15, 0.2) is 18.2 Å². The van der Waals surface area contributed by atoms with Crippen molar-refractivity contribution in [3.05, 3.63) is 23.9 Å². The van der Waals surface area contributed by atoms with Gasteiger partial charge in [0, 0.05) is 5.39 Å². The molecule has 0 fully saturated rings. The van der Waals surface area contributed by atoms with Crippen LogP contribution in [0.5, 0.6) is 11.5 Å². The molecule has 2 N–H and O–H groups in total. The van der Waals surface area contributed by atoms with Crippen molar-refractivity contribution in [3.8, 4) is 11.5 Å². The first-order valence-corrected chi connectivity index (χ1v) is 5.23. The van der Waals surface area contributed by atoms with Crippen LogP contribution < -0.4 is 4.74 Å². The number of nitrogens with one attached hydrogen (secondary N) is 1. The van der Waals surface area contributed by atoms with E-state index in [1.165, 1.54) is 13.2 Å². The topological polar surface area (TPSA) is 71.6 Å². The molecule has 0 bridgehead atoms. The molecule has 0 aliphatic carbocycles. The summed E-state index contributed by atoms with van der Waals surface area (Å²) in [5.74, 6) is -0.0828. The van der Waals surface area contributed by atoms with E-state index in [0.29, 0.717) is 23.6 Å². The maximum absolute atomic E-state index is 11.5. The van der Waals surface area contributed by atoms with Gasteiger partial charge in [-0.05, 0) is 25.1 Å². The minimum Gasteiger partial charge on any atom is -0.504 e. The van der Waals surface area contributed by atoms with E-state index in [2.05, 4.69) is 4.98 Å². The van der Waals surface area contributed by atoms with E-state index < -0.39 is 5.97 Å². The summed E-state index contributed by atoms with van der Waals surface area (Å²) >= 11 is 0. The number of hydrogen-bond acceptors (Lipinski definition) is 4. The predicted octanol–water partition coefficient (Wildman–Crippen LogP) is 2.06. The standard InChI is InChI=1S/C12H13NO4/c1-3-17-12(15)8-6-7-4-5-9(14)11(16-2)10(7)13-8/h4-6,13-14H,3H2,1-2H3. The van der Waals surface area contributed by atoms with E-state index in [-0.39, 0.29) is 5.75 Å². The summed E-state index contributed by atoms with van der Waals surface area (Å²) in [4.78, 5) is 14.4. The summed E-state index contributed by atoms with van der Waals surface area (Å²) in [7, 11) is 1.46. The molecule has 0 unspecified atom stereocenters. The van der Waals surface area contributed by atoms with Crippen molar-refractivity contribution >= 4 is 16.9 Å². The van der Waals surface area contributed by atoms with Crippen LogP contribution in [-0.2, 0) is 4.74 Å². The Morgan fingerprint density at radius 3 is 2.88 bits per heavy atom. The van der Waals surface area contributed by atoms with E-state index in [9.17, 15) is 9.90 Å². The Hall–Kier alpha value is -2.17. The van der Waals surface area contributed by atoms with Crippen LogP contribution in [0.25, 0.3) is 10.9 Å². The highest BCUT2D eigenvalue weighted by atomic mass is 16.5. The van der Waals surface area contributed by atoms with Gasteiger partial charge in [-0.2, -0.15) is 0 Å². The molecular weight excluding hydrogens is 222 g/mol. The summed E-state index contributed by atoms with van der Waals surface area (Å²) in [5.41, 5.74) is 0.918. The molecule has 17 heavy (non-hydrogen) atoms. The molecule has 5 heteroatoms. The number of aromatic hydroxyl groups is 1. The van der Waals surface area contributed by atoms with Gasteiger partial charge in [-0.25, -0.2) is 4.79 Å². The molecule has 1 aromatic carbocycles. The molecule has 5 nitrogen and oxygen atoms in total. The van der Waals surface area contributed by atoms with E-state index in [4.69, 9.17) is 9.47 Å². The smallest absolute Gasteiger partial charge is 0.354 e. The number of benzene rings is 1. The average Bonchev–Trinajstić information content (AvgIpc) is 2.73. The fourth-order valence-electron chi connectivity index (χ4n) is 1.69. The molecule has 2 rings (SSSR count). The monoisotopic (exact) mass is 235 g/mol. The Morgan fingerprint density at radius 1 is 1.47 bits per heavy atom. The van der Waals surface area contributed by atoms with Crippen LogP contribution in [0, 0.1) is 0 Å². The third-order valence-electron chi connectivity index (χ3n) is 2.43. The summed E-state index contributed by atoms with van der Waals surface area (Å²) in [6.07, 6.45) is 0. The lowest BCUT2D eigenvalue weighted by atomic mass is 10.2. The summed E-state index contributed by atoms with van der Waals surface area (Å²) in [6, 6.07) is 4.88. The molecule has 0 radical (unpaired) electrons. The highest BCUT2D eigenvalue weighted by Crippen LogP contribution is 2.34. The second-order valence-electron chi connectivity index (χ2n) is 3.49. The van der Waals surface area contributed by atoms with Crippen LogP contribution in [0.2, 0.25) is 0 Å². The number of fused-ring (bicyclic) bond motifs is 1. The zero-order chi connectivity index (χ0) is 12.4. The molecule has 1 aromatic heterocycles. The van der Waals surface area contributed by atoms with Gasteiger partial charge in [0.15, 0.2) is 11.5 Å². The highest BCUT2D eigenvalue weighted by Gasteiger charge is 2.14. The number of carbonyl (C=O) groups excluding carboxylic acids is 1. The van der Waals surface area contributed by atoms with Crippen LogP contribution in [0.3, 0.4) is 0 Å². The number of H-pyrrole nitrogens is 1. The average molecular weight is 235 g/mol. The summed E-state index contributed by atoms with van der Waals surface area (Å²) < 4.78 is 9.97. The molecule has 0 saturated heterocycles. The van der Waals surface area contributed by atoms with Gasteiger partial charge in [-0.15, -0.1) is 0 Å². The quantitative estimate of drug-likeness (QED) is 0.799. The van der Waals surface area contributed by atoms with Gasteiger partial charge in [0.05, 0.1) is 19.2 Å². The third kappa shape index (κ3) is 1.91. The van der Waals surface area contributed by atoms with E-state index >= 15 is 0 Å². The number of esters is 1. The van der Waals surface area contributed by atoms with Crippen LogP contribution in [0.1, 0.15) is 17.4 Å². The Labute approximate surface area is 98.0 Å².